The summed E-state index contributed by atoms with van der Waals surface area (Å²) in [5.41, 5.74) is 0. The molecule has 71 valence electrons. The highest BCUT2D eigenvalue weighted by Gasteiger charge is 2.14. The van der Waals surface area contributed by atoms with Crippen LogP contribution in [0.3, 0.4) is 0 Å². The van der Waals surface area contributed by atoms with Crippen LogP contribution in [-0.2, 0) is 5.11 Å². The second-order valence-electron chi connectivity index (χ2n) is 2.94. The van der Waals surface area contributed by atoms with Gasteiger partial charge in [-0.05, 0) is 6.07 Å². The van der Waals surface area contributed by atoms with Crippen molar-refractivity contribution in [3.05, 3.63) is 24.3 Å². The maximum atomic E-state index is 11.4. The van der Waals surface area contributed by atoms with E-state index in [0.29, 0.717) is 0 Å². The van der Waals surface area contributed by atoms with E-state index in [1.807, 2.05) is 0 Å². The van der Waals surface area contributed by atoms with E-state index in [0.717, 1.165) is 6.07 Å². The van der Waals surface area contributed by atoms with Crippen LogP contribution in [-0.4, -0.2) is 15.3 Å². The van der Waals surface area contributed by atoms with Gasteiger partial charge >= 0.3 is 0 Å². The molecule has 2 aromatic carbocycles. The van der Waals surface area contributed by atoms with Crippen LogP contribution in [0, 0.1) is 0 Å². The maximum Gasteiger partial charge on any atom is 0.231 e. The third-order valence-corrected chi connectivity index (χ3v) is 2.05. The number of hydrogen-bond donors (Lipinski definition) is 3. The lowest BCUT2D eigenvalue weighted by molar-refractivity contribution is 0.327. The van der Waals surface area contributed by atoms with Gasteiger partial charge in [0.05, 0.1) is 5.39 Å². The molecule has 2 aromatic rings. The molecule has 4 heteroatoms. The summed E-state index contributed by atoms with van der Waals surface area (Å²) in [6, 6.07) is 5.28. The lowest BCUT2D eigenvalue weighted by atomic mass is 10.1. The summed E-state index contributed by atoms with van der Waals surface area (Å²) in [6.07, 6.45) is 0. The fraction of sp³-hybridized carbons (Fsp3) is 0. The predicted octanol–water partition coefficient (Wildman–Crippen LogP) is 2.10. The van der Waals surface area contributed by atoms with E-state index in [4.69, 9.17) is 5.11 Å². The zero-order valence-corrected chi connectivity index (χ0v) is 7.06. The molecule has 0 amide bonds. The first-order valence-corrected chi connectivity index (χ1v) is 3.95. The van der Waals surface area contributed by atoms with Gasteiger partial charge in [-0.15, -0.1) is 0 Å². The fourth-order valence-electron chi connectivity index (χ4n) is 1.39. The molecule has 2 rings (SSSR count). The van der Waals surface area contributed by atoms with Gasteiger partial charge in [0.25, 0.3) is 0 Å². The number of rotatable bonds is 0. The largest absolute Gasteiger partial charge is 0.507 e. The quantitative estimate of drug-likeness (QED) is 0.596. The van der Waals surface area contributed by atoms with Crippen molar-refractivity contribution in [1.29, 1.82) is 0 Å². The SMILES string of the molecule is [O]c1c(O)cc(O)c2cccc(O)c12. The van der Waals surface area contributed by atoms with Gasteiger partial charge in [0.15, 0.2) is 5.75 Å². The van der Waals surface area contributed by atoms with Crippen LogP contribution in [0.2, 0.25) is 0 Å². The van der Waals surface area contributed by atoms with Crippen LogP contribution in [0.25, 0.3) is 10.8 Å². The molecule has 0 aliphatic carbocycles. The molecule has 0 saturated carbocycles. The Bertz CT molecular complexity index is 505. The van der Waals surface area contributed by atoms with Crippen LogP contribution in [0.4, 0.5) is 0 Å². The molecule has 0 aromatic heterocycles. The Kier molecular flexibility index (Phi) is 1.64. The van der Waals surface area contributed by atoms with Crippen LogP contribution >= 0.6 is 0 Å². The van der Waals surface area contributed by atoms with Gasteiger partial charge in [0, 0.05) is 11.5 Å². The van der Waals surface area contributed by atoms with Gasteiger partial charge in [-0.25, -0.2) is 0 Å². The highest BCUT2D eigenvalue weighted by atomic mass is 16.3. The Hall–Kier alpha value is -2.10. The van der Waals surface area contributed by atoms with Crippen molar-refractivity contribution in [2.24, 2.45) is 0 Å². The fourth-order valence-corrected chi connectivity index (χ4v) is 1.39. The number of benzene rings is 2. The Morgan fingerprint density at radius 2 is 1.64 bits per heavy atom. The van der Waals surface area contributed by atoms with Gasteiger partial charge in [0.2, 0.25) is 5.75 Å². The molecule has 0 heterocycles. The van der Waals surface area contributed by atoms with Crippen molar-refractivity contribution < 1.29 is 20.4 Å². The summed E-state index contributed by atoms with van der Waals surface area (Å²) >= 11 is 0. The first-order chi connectivity index (χ1) is 6.61. The van der Waals surface area contributed by atoms with E-state index in [1.54, 1.807) is 0 Å². The third-order valence-electron chi connectivity index (χ3n) is 2.05. The molecule has 0 atom stereocenters. The number of fused-ring (bicyclic) bond motifs is 1. The van der Waals surface area contributed by atoms with Crippen molar-refractivity contribution in [3.8, 4) is 23.0 Å². The predicted molar refractivity (Wildman–Crippen MR) is 49.1 cm³/mol. The van der Waals surface area contributed by atoms with Gasteiger partial charge in [-0.1, -0.05) is 12.1 Å². The number of phenols is 3. The molecule has 0 saturated heterocycles. The molecule has 3 N–H and O–H groups in total. The Balaban J connectivity index is 3.03. The number of phenolic OH excluding ortho intramolecular Hbond substituents is 3. The lowest BCUT2D eigenvalue weighted by Crippen LogP contribution is -1.77. The summed E-state index contributed by atoms with van der Waals surface area (Å²) in [6.45, 7) is 0. The maximum absolute atomic E-state index is 11.4. The van der Waals surface area contributed by atoms with Crippen LogP contribution in [0.5, 0.6) is 23.0 Å². The minimum absolute atomic E-state index is 0.0648. The van der Waals surface area contributed by atoms with Crippen molar-refractivity contribution in [1.82, 2.24) is 0 Å². The lowest BCUT2D eigenvalue weighted by Gasteiger charge is -2.05. The highest BCUT2D eigenvalue weighted by Crippen LogP contribution is 2.43. The highest BCUT2D eigenvalue weighted by molar-refractivity contribution is 5.99. The second kappa shape index (κ2) is 2.70. The van der Waals surface area contributed by atoms with Gasteiger partial charge < -0.3 is 15.3 Å². The molecule has 4 nitrogen and oxygen atoms in total. The van der Waals surface area contributed by atoms with Crippen molar-refractivity contribution >= 4 is 10.8 Å². The van der Waals surface area contributed by atoms with Crippen LogP contribution < -0.4 is 0 Å². The summed E-state index contributed by atoms with van der Waals surface area (Å²) in [7, 11) is 0. The van der Waals surface area contributed by atoms with E-state index < -0.39 is 11.5 Å². The third kappa shape index (κ3) is 1.01. The summed E-state index contributed by atoms with van der Waals surface area (Å²) < 4.78 is 0. The standard InChI is InChI=1S/C10H7O4/c11-6-3-1-2-5-7(12)4-8(13)10(14)9(5)6/h1-4,11-13H. The average Bonchev–Trinajstić information content (AvgIpc) is 2.14. The Morgan fingerprint density at radius 3 is 2.36 bits per heavy atom. The smallest absolute Gasteiger partial charge is 0.231 e. The number of aromatic hydroxyl groups is 3. The summed E-state index contributed by atoms with van der Waals surface area (Å²) in [5, 5.41) is 39.5. The van der Waals surface area contributed by atoms with Gasteiger partial charge in [-0.3, -0.25) is 5.11 Å². The molecule has 1 radical (unpaired) electrons. The monoisotopic (exact) mass is 191 g/mol. The molecule has 0 aliphatic rings. The minimum atomic E-state index is -0.684. The van der Waals surface area contributed by atoms with Crippen molar-refractivity contribution in [2.45, 2.75) is 0 Å². The van der Waals surface area contributed by atoms with E-state index in [1.165, 1.54) is 18.2 Å². The molecule has 0 fully saturated rings. The second-order valence-corrected chi connectivity index (χ2v) is 2.94. The summed E-state index contributed by atoms with van der Waals surface area (Å²) in [5.74, 6) is -1.74. The molecule has 0 spiro atoms. The normalized spacial score (nSPS) is 10.6. The zero-order chi connectivity index (χ0) is 10.3. The van der Waals surface area contributed by atoms with Crippen LogP contribution in [0.1, 0.15) is 0 Å². The zero-order valence-electron chi connectivity index (χ0n) is 7.06. The average molecular weight is 191 g/mol. The topological polar surface area (TPSA) is 80.6 Å². The first-order valence-electron chi connectivity index (χ1n) is 3.95. The van der Waals surface area contributed by atoms with E-state index in [-0.39, 0.29) is 22.3 Å². The van der Waals surface area contributed by atoms with E-state index in [9.17, 15) is 15.3 Å². The molecular formula is C10H7O4. The molecule has 0 aliphatic heterocycles. The van der Waals surface area contributed by atoms with E-state index >= 15 is 0 Å². The molecular weight excluding hydrogens is 184 g/mol. The summed E-state index contributed by atoms with van der Waals surface area (Å²) in [4.78, 5) is 0. The minimum Gasteiger partial charge on any atom is -0.507 e. The van der Waals surface area contributed by atoms with Gasteiger partial charge in [0.1, 0.15) is 11.5 Å². The Labute approximate surface area is 79.3 Å². The van der Waals surface area contributed by atoms with Crippen molar-refractivity contribution in [3.63, 3.8) is 0 Å². The van der Waals surface area contributed by atoms with Crippen molar-refractivity contribution in [2.75, 3.05) is 0 Å². The number of hydrogen-bond acceptors (Lipinski definition) is 3. The van der Waals surface area contributed by atoms with E-state index in [2.05, 4.69) is 0 Å². The molecule has 14 heavy (non-hydrogen) atoms. The molecule has 0 bridgehead atoms. The molecule has 0 unspecified atom stereocenters. The first kappa shape index (κ1) is 8.50. The van der Waals surface area contributed by atoms with Gasteiger partial charge in [-0.2, -0.15) is 0 Å². The van der Waals surface area contributed by atoms with Crippen LogP contribution in [0.15, 0.2) is 24.3 Å². The Morgan fingerprint density at radius 1 is 0.929 bits per heavy atom.